The molecule has 0 aromatic rings. The van der Waals surface area contributed by atoms with Crippen molar-refractivity contribution in [2.45, 2.75) is 45.4 Å². The van der Waals surface area contributed by atoms with Crippen LogP contribution < -0.4 is 0 Å². The van der Waals surface area contributed by atoms with Gasteiger partial charge in [-0.05, 0) is 25.2 Å². The van der Waals surface area contributed by atoms with Gasteiger partial charge in [0.25, 0.3) is 0 Å². The van der Waals surface area contributed by atoms with E-state index in [1.165, 1.54) is 31.1 Å². The molecule has 0 radical (unpaired) electrons. The summed E-state index contributed by atoms with van der Waals surface area (Å²) in [6.45, 7) is 3.89. The third-order valence-corrected chi connectivity index (χ3v) is 5.74. The van der Waals surface area contributed by atoms with Crippen molar-refractivity contribution >= 4 is 15.7 Å². The number of piperidine rings is 1. The first-order chi connectivity index (χ1) is 9.50. The van der Waals surface area contributed by atoms with E-state index in [1.807, 2.05) is 4.90 Å². The van der Waals surface area contributed by atoms with Crippen LogP contribution in [0.1, 0.15) is 45.4 Å². The average Bonchev–Trinajstić information content (AvgIpc) is 2.76. The van der Waals surface area contributed by atoms with Gasteiger partial charge < -0.3 is 4.90 Å². The fourth-order valence-electron chi connectivity index (χ4n) is 3.14. The molecule has 1 fully saturated rings. The van der Waals surface area contributed by atoms with Crippen LogP contribution in [0.4, 0.5) is 0 Å². The van der Waals surface area contributed by atoms with E-state index >= 15 is 0 Å². The van der Waals surface area contributed by atoms with Crippen molar-refractivity contribution in [3.05, 3.63) is 11.5 Å². The number of unbranched alkanes of at least 4 members (excludes halogenated alkanes) is 1. The Bertz CT molecular complexity index is 470. The summed E-state index contributed by atoms with van der Waals surface area (Å²) < 4.78 is 22.7. The van der Waals surface area contributed by atoms with Crippen molar-refractivity contribution in [2.24, 2.45) is 11.8 Å². The van der Waals surface area contributed by atoms with Gasteiger partial charge in [-0.15, -0.1) is 0 Å². The zero-order valence-electron chi connectivity index (χ0n) is 12.3. The monoisotopic (exact) mass is 299 g/mol. The summed E-state index contributed by atoms with van der Waals surface area (Å²) in [7, 11) is -3.05. The molecule has 114 valence electrons. The molecule has 0 bridgehead atoms. The molecule has 2 atom stereocenters. The largest absolute Gasteiger partial charge is 0.342 e. The van der Waals surface area contributed by atoms with E-state index in [4.69, 9.17) is 0 Å². The molecule has 5 heteroatoms. The SMILES string of the molecule is CCCCC1CCCN(C(=O)CC2C=CS(=O)(=O)C2)C1. The molecule has 0 aliphatic carbocycles. The molecule has 2 rings (SSSR count). The molecule has 0 aromatic heterocycles. The highest BCUT2D eigenvalue weighted by molar-refractivity contribution is 7.94. The molecule has 1 amide bonds. The number of likely N-dealkylation sites (tertiary alicyclic amines) is 1. The molecule has 1 saturated heterocycles. The second-order valence-electron chi connectivity index (χ2n) is 6.11. The van der Waals surface area contributed by atoms with E-state index < -0.39 is 9.84 Å². The first-order valence-corrected chi connectivity index (χ1v) is 9.40. The van der Waals surface area contributed by atoms with Crippen LogP contribution in [0.2, 0.25) is 0 Å². The maximum Gasteiger partial charge on any atom is 0.223 e. The Balaban J connectivity index is 1.82. The lowest BCUT2D eigenvalue weighted by Gasteiger charge is -2.33. The minimum Gasteiger partial charge on any atom is -0.342 e. The van der Waals surface area contributed by atoms with Crippen LogP contribution in [-0.2, 0) is 14.6 Å². The topological polar surface area (TPSA) is 54.5 Å². The van der Waals surface area contributed by atoms with Gasteiger partial charge in [0.05, 0.1) is 5.75 Å². The highest BCUT2D eigenvalue weighted by Crippen LogP contribution is 2.24. The Kier molecular flexibility index (Phi) is 5.24. The molecule has 2 heterocycles. The summed E-state index contributed by atoms with van der Waals surface area (Å²) in [5.74, 6) is 0.739. The van der Waals surface area contributed by atoms with Crippen LogP contribution in [0, 0.1) is 11.8 Å². The molecule has 20 heavy (non-hydrogen) atoms. The third kappa shape index (κ3) is 4.33. The second-order valence-corrected chi connectivity index (χ2v) is 8.04. The van der Waals surface area contributed by atoms with E-state index in [9.17, 15) is 13.2 Å². The molecule has 2 unspecified atom stereocenters. The highest BCUT2D eigenvalue weighted by Gasteiger charge is 2.28. The summed E-state index contributed by atoms with van der Waals surface area (Å²) in [6, 6.07) is 0. The first-order valence-electron chi connectivity index (χ1n) is 7.69. The summed E-state index contributed by atoms with van der Waals surface area (Å²) in [5, 5.41) is 1.26. The maximum atomic E-state index is 12.3. The van der Waals surface area contributed by atoms with Crippen molar-refractivity contribution in [3.63, 3.8) is 0 Å². The molecule has 0 spiro atoms. The Hall–Kier alpha value is -0.840. The Morgan fingerprint density at radius 3 is 2.85 bits per heavy atom. The normalized spacial score (nSPS) is 28.8. The number of hydrogen-bond acceptors (Lipinski definition) is 3. The summed E-state index contributed by atoms with van der Waals surface area (Å²) >= 11 is 0. The Morgan fingerprint density at radius 2 is 2.20 bits per heavy atom. The maximum absolute atomic E-state index is 12.3. The first kappa shape index (κ1) is 15.5. The van der Waals surface area contributed by atoms with Crippen LogP contribution in [0.3, 0.4) is 0 Å². The van der Waals surface area contributed by atoms with Crippen LogP contribution in [0.5, 0.6) is 0 Å². The van der Waals surface area contributed by atoms with Crippen molar-refractivity contribution in [2.75, 3.05) is 18.8 Å². The fraction of sp³-hybridized carbons (Fsp3) is 0.800. The third-order valence-electron chi connectivity index (χ3n) is 4.28. The van der Waals surface area contributed by atoms with E-state index in [0.717, 1.165) is 19.5 Å². The Morgan fingerprint density at radius 1 is 1.40 bits per heavy atom. The second kappa shape index (κ2) is 6.74. The minimum atomic E-state index is -3.05. The summed E-state index contributed by atoms with van der Waals surface area (Å²) in [4.78, 5) is 14.2. The van der Waals surface area contributed by atoms with Crippen LogP contribution in [0.25, 0.3) is 0 Å². The minimum absolute atomic E-state index is 0.103. The molecule has 0 N–H and O–H groups in total. The predicted molar refractivity (Wildman–Crippen MR) is 79.9 cm³/mol. The highest BCUT2D eigenvalue weighted by atomic mass is 32.2. The molecular weight excluding hydrogens is 274 g/mol. The van der Waals surface area contributed by atoms with Crippen molar-refractivity contribution in [1.82, 2.24) is 4.90 Å². The lowest BCUT2D eigenvalue weighted by Crippen LogP contribution is -2.40. The predicted octanol–water partition coefficient (Wildman–Crippen LogP) is 2.36. The summed E-state index contributed by atoms with van der Waals surface area (Å²) in [5.41, 5.74) is 0. The number of carbonyl (C=O) groups is 1. The van der Waals surface area contributed by atoms with Gasteiger partial charge in [0.15, 0.2) is 9.84 Å². The van der Waals surface area contributed by atoms with Gasteiger partial charge in [-0.3, -0.25) is 4.79 Å². The quantitative estimate of drug-likeness (QED) is 0.783. The van der Waals surface area contributed by atoms with E-state index in [1.54, 1.807) is 6.08 Å². The number of sulfone groups is 1. The van der Waals surface area contributed by atoms with Crippen LogP contribution in [-0.4, -0.2) is 38.1 Å². The van der Waals surface area contributed by atoms with E-state index in [2.05, 4.69) is 6.92 Å². The number of carbonyl (C=O) groups excluding carboxylic acids is 1. The van der Waals surface area contributed by atoms with Gasteiger partial charge in [-0.25, -0.2) is 8.42 Å². The van der Waals surface area contributed by atoms with Gasteiger partial charge >= 0.3 is 0 Å². The number of amides is 1. The summed E-state index contributed by atoms with van der Waals surface area (Å²) in [6.07, 6.45) is 7.96. The number of allylic oxidation sites excluding steroid dienone is 1. The number of rotatable bonds is 5. The fourth-order valence-corrected chi connectivity index (χ4v) is 4.54. The van der Waals surface area contributed by atoms with E-state index in [-0.39, 0.29) is 17.6 Å². The molecule has 0 saturated carbocycles. The molecular formula is C15H25NO3S. The van der Waals surface area contributed by atoms with Crippen LogP contribution >= 0.6 is 0 Å². The average molecular weight is 299 g/mol. The lowest BCUT2D eigenvalue weighted by atomic mass is 9.92. The zero-order chi connectivity index (χ0) is 14.6. The van der Waals surface area contributed by atoms with Crippen molar-refractivity contribution < 1.29 is 13.2 Å². The van der Waals surface area contributed by atoms with E-state index in [0.29, 0.717) is 12.3 Å². The molecule has 2 aliphatic rings. The molecule has 0 aromatic carbocycles. The van der Waals surface area contributed by atoms with Gasteiger partial charge in [0, 0.05) is 30.8 Å². The van der Waals surface area contributed by atoms with Gasteiger partial charge in [0.2, 0.25) is 5.91 Å². The van der Waals surface area contributed by atoms with Crippen molar-refractivity contribution in [3.8, 4) is 0 Å². The molecule has 2 aliphatic heterocycles. The molecule has 4 nitrogen and oxygen atoms in total. The zero-order valence-corrected chi connectivity index (χ0v) is 13.1. The van der Waals surface area contributed by atoms with Gasteiger partial charge in [0.1, 0.15) is 0 Å². The lowest BCUT2D eigenvalue weighted by molar-refractivity contribution is -0.133. The van der Waals surface area contributed by atoms with Crippen molar-refractivity contribution in [1.29, 1.82) is 0 Å². The number of nitrogens with zero attached hydrogens (tertiary/aromatic N) is 1. The van der Waals surface area contributed by atoms with Gasteiger partial charge in [-0.2, -0.15) is 0 Å². The Labute approximate surface area is 122 Å². The van der Waals surface area contributed by atoms with Crippen LogP contribution in [0.15, 0.2) is 11.5 Å². The smallest absolute Gasteiger partial charge is 0.223 e. The van der Waals surface area contributed by atoms with Gasteiger partial charge in [-0.1, -0.05) is 25.8 Å². The standard InChI is InChI=1S/C15H25NO3S/c1-2-3-5-13-6-4-8-16(11-13)15(17)10-14-7-9-20(18,19)12-14/h7,9,13-14H,2-6,8,10-12H2,1H3. The number of hydrogen-bond donors (Lipinski definition) is 0.